The average molecular weight is 633 g/mol. The molecule has 0 aromatic heterocycles. The Kier molecular flexibility index (Phi) is 9.61. The van der Waals surface area contributed by atoms with Crippen molar-refractivity contribution in [2.75, 3.05) is 6.61 Å². The van der Waals surface area contributed by atoms with Crippen molar-refractivity contribution in [3.8, 4) is 0 Å². The first-order valence-electron chi connectivity index (χ1n) is 16.7. The SMILES string of the molecule is C=C(CC[C@@H](C)[C@H]1CC[C@H]2C3=C(C(=O)C[C@]12C)[C@@]1(C)CCC(=O)[C@@H](C)[C@@H]1C[C@@H]3O[C@@H]1OC(CO)[C@@H](O)C(O)C1O)C(C)C(=O)O. The van der Waals surface area contributed by atoms with Crippen LogP contribution < -0.4 is 0 Å². The summed E-state index contributed by atoms with van der Waals surface area (Å²) in [6, 6.07) is 0. The van der Waals surface area contributed by atoms with E-state index in [-0.39, 0.29) is 46.6 Å². The highest BCUT2D eigenvalue weighted by Crippen LogP contribution is 2.66. The third kappa shape index (κ3) is 5.67. The number of fused-ring (bicyclic) bond motifs is 4. The van der Waals surface area contributed by atoms with Crippen molar-refractivity contribution in [1.82, 2.24) is 0 Å². The number of carbonyl (C=O) groups is 3. The largest absolute Gasteiger partial charge is 0.481 e. The van der Waals surface area contributed by atoms with Gasteiger partial charge in [0.2, 0.25) is 0 Å². The molecule has 45 heavy (non-hydrogen) atoms. The number of aliphatic carboxylic acids is 1. The molecule has 2 saturated carbocycles. The van der Waals surface area contributed by atoms with E-state index in [1.165, 1.54) is 0 Å². The van der Waals surface area contributed by atoms with E-state index in [4.69, 9.17) is 9.47 Å². The van der Waals surface area contributed by atoms with Crippen molar-refractivity contribution in [1.29, 1.82) is 0 Å². The number of rotatable bonds is 9. The number of hydrogen-bond acceptors (Lipinski definition) is 9. The van der Waals surface area contributed by atoms with Crippen molar-refractivity contribution in [2.45, 2.75) is 123 Å². The molecule has 0 radical (unpaired) electrons. The standard InChI is InChI=1S/C35H52O10/c1-16(18(3)32(42)43)7-8-17(2)20-9-10-21-27-25(44-33-31(41)30(40)29(39)26(15-36)45-33)13-22-19(4)23(37)11-12-34(22,5)28(27)24(38)14-35(20,21)6/h17-22,25-26,29-31,33,36,39-41H,1,7-15H2,2-6H3,(H,42,43)/t17-,18?,19+,20-,21+,22+,25+,26?,29-,30?,31?,33-,34+,35-/m1/s1. The quantitative estimate of drug-likeness (QED) is 0.238. The van der Waals surface area contributed by atoms with Gasteiger partial charge < -0.3 is 35.0 Å². The van der Waals surface area contributed by atoms with Gasteiger partial charge in [0.05, 0.1) is 18.6 Å². The number of aliphatic hydroxyl groups is 4. The maximum absolute atomic E-state index is 14.5. The molecule has 5 rings (SSSR count). The molecule has 1 heterocycles. The first kappa shape index (κ1) is 34.4. The summed E-state index contributed by atoms with van der Waals surface area (Å²) in [5.74, 6) is -1.26. The minimum atomic E-state index is -1.59. The summed E-state index contributed by atoms with van der Waals surface area (Å²) in [6.45, 7) is 13.5. The van der Waals surface area contributed by atoms with Crippen molar-refractivity contribution < 1.29 is 49.4 Å². The first-order chi connectivity index (χ1) is 21.1. The Morgan fingerprint density at radius 1 is 1.11 bits per heavy atom. The molecule has 252 valence electrons. The number of hydrogen-bond donors (Lipinski definition) is 5. The second-order valence-electron chi connectivity index (χ2n) is 15.2. The Labute approximate surface area is 265 Å². The molecule has 1 aliphatic heterocycles. The van der Waals surface area contributed by atoms with Gasteiger partial charge in [0, 0.05) is 29.7 Å². The van der Waals surface area contributed by atoms with Crippen molar-refractivity contribution in [3.63, 3.8) is 0 Å². The zero-order valence-corrected chi connectivity index (χ0v) is 27.3. The highest BCUT2D eigenvalue weighted by Gasteiger charge is 2.62. The Bertz CT molecular complexity index is 1240. The molecule has 0 aromatic rings. The fraction of sp³-hybridized carbons (Fsp3) is 0.800. The smallest absolute Gasteiger partial charge is 0.310 e. The van der Waals surface area contributed by atoms with Crippen LogP contribution in [0, 0.1) is 46.3 Å². The summed E-state index contributed by atoms with van der Waals surface area (Å²) in [4.78, 5) is 38.9. The third-order valence-corrected chi connectivity index (χ3v) is 12.8. The summed E-state index contributed by atoms with van der Waals surface area (Å²) in [7, 11) is 0. The van der Waals surface area contributed by atoms with Crippen LogP contribution in [0.15, 0.2) is 23.3 Å². The van der Waals surface area contributed by atoms with E-state index < -0.39 is 60.7 Å². The van der Waals surface area contributed by atoms with Gasteiger partial charge >= 0.3 is 5.97 Å². The van der Waals surface area contributed by atoms with E-state index in [9.17, 15) is 39.9 Å². The zero-order chi connectivity index (χ0) is 33.2. The first-order valence-corrected chi connectivity index (χ1v) is 16.7. The predicted octanol–water partition coefficient (Wildman–Crippen LogP) is 3.19. The van der Waals surface area contributed by atoms with E-state index in [1.807, 2.05) is 6.92 Å². The average Bonchev–Trinajstić information content (AvgIpc) is 3.34. The Morgan fingerprint density at radius 3 is 2.44 bits per heavy atom. The van der Waals surface area contributed by atoms with Crippen LogP contribution in [-0.2, 0) is 23.9 Å². The fourth-order valence-corrected chi connectivity index (χ4v) is 9.95. The molecule has 14 atom stereocenters. The third-order valence-electron chi connectivity index (χ3n) is 12.8. The molecule has 0 amide bonds. The summed E-state index contributed by atoms with van der Waals surface area (Å²) in [6.07, 6.45) is -2.87. The van der Waals surface area contributed by atoms with Gasteiger partial charge in [-0.2, -0.15) is 0 Å². The van der Waals surface area contributed by atoms with Crippen LogP contribution in [0.3, 0.4) is 0 Å². The number of ether oxygens (including phenoxy) is 2. The van der Waals surface area contributed by atoms with Crippen LogP contribution in [0.2, 0.25) is 0 Å². The molecule has 0 bridgehead atoms. The molecular formula is C35H52O10. The molecule has 0 spiro atoms. The van der Waals surface area contributed by atoms with E-state index in [0.29, 0.717) is 37.7 Å². The van der Waals surface area contributed by atoms with Gasteiger partial charge in [-0.15, -0.1) is 0 Å². The second-order valence-corrected chi connectivity index (χ2v) is 15.2. The lowest BCUT2D eigenvalue weighted by atomic mass is 9.48. The molecule has 5 N–H and O–H groups in total. The lowest BCUT2D eigenvalue weighted by Crippen LogP contribution is -2.61. The van der Waals surface area contributed by atoms with E-state index in [0.717, 1.165) is 30.4 Å². The normalized spacial score (nSPS) is 44.6. The summed E-state index contributed by atoms with van der Waals surface area (Å²) in [5.41, 5.74) is 1.51. The van der Waals surface area contributed by atoms with Gasteiger partial charge in [-0.1, -0.05) is 39.8 Å². The van der Waals surface area contributed by atoms with Gasteiger partial charge in [0.25, 0.3) is 0 Å². The lowest BCUT2D eigenvalue weighted by molar-refractivity contribution is -0.311. The zero-order valence-electron chi connectivity index (χ0n) is 27.3. The maximum Gasteiger partial charge on any atom is 0.310 e. The number of Topliss-reactive ketones (excluding diaryl/α,β-unsaturated/α-hetero) is 2. The summed E-state index contributed by atoms with van der Waals surface area (Å²) in [5, 5.41) is 50.9. The van der Waals surface area contributed by atoms with E-state index in [1.54, 1.807) is 6.92 Å². The molecule has 3 fully saturated rings. The number of carboxylic acid groups (broad SMARTS) is 1. The second kappa shape index (κ2) is 12.6. The minimum Gasteiger partial charge on any atom is -0.481 e. The molecule has 10 nitrogen and oxygen atoms in total. The summed E-state index contributed by atoms with van der Waals surface area (Å²) < 4.78 is 12.3. The molecule has 4 aliphatic carbocycles. The number of carboxylic acids is 1. The number of aliphatic hydroxyl groups excluding tert-OH is 4. The maximum atomic E-state index is 14.5. The monoisotopic (exact) mass is 632 g/mol. The molecule has 1 saturated heterocycles. The molecular weight excluding hydrogens is 580 g/mol. The van der Waals surface area contributed by atoms with Gasteiger partial charge in [-0.3, -0.25) is 14.4 Å². The highest BCUT2D eigenvalue weighted by molar-refractivity contribution is 6.00. The number of ketones is 2. The predicted molar refractivity (Wildman–Crippen MR) is 164 cm³/mol. The van der Waals surface area contributed by atoms with Crippen LogP contribution in [0.5, 0.6) is 0 Å². The minimum absolute atomic E-state index is 0.0133. The lowest BCUT2D eigenvalue weighted by Gasteiger charge is -2.57. The summed E-state index contributed by atoms with van der Waals surface area (Å²) >= 11 is 0. The molecule has 0 aromatic carbocycles. The van der Waals surface area contributed by atoms with Crippen LogP contribution in [-0.4, -0.2) is 86.5 Å². The van der Waals surface area contributed by atoms with E-state index >= 15 is 0 Å². The Balaban J connectivity index is 1.50. The van der Waals surface area contributed by atoms with Crippen LogP contribution >= 0.6 is 0 Å². The van der Waals surface area contributed by atoms with Gasteiger partial charge in [0.15, 0.2) is 12.1 Å². The Hall–Kier alpha value is -1.95. The van der Waals surface area contributed by atoms with Gasteiger partial charge in [-0.25, -0.2) is 0 Å². The molecule has 5 aliphatic rings. The molecule has 10 heteroatoms. The van der Waals surface area contributed by atoms with Crippen LogP contribution in [0.1, 0.15) is 86.0 Å². The fourth-order valence-electron chi connectivity index (χ4n) is 9.95. The number of carbonyl (C=O) groups excluding carboxylic acids is 2. The van der Waals surface area contributed by atoms with Crippen LogP contribution in [0.4, 0.5) is 0 Å². The van der Waals surface area contributed by atoms with Gasteiger partial charge in [-0.05, 0) is 80.1 Å². The number of allylic oxidation sites excluding steroid dienone is 1. The van der Waals surface area contributed by atoms with E-state index in [2.05, 4.69) is 27.4 Å². The van der Waals surface area contributed by atoms with Crippen LogP contribution in [0.25, 0.3) is 0 Å². The highest BCUT2D eigenvalue weighted by atomic mass is 16.7. The van der Waals surface area contributed by atoms with Crippen molar-refractivity contribution in [3.05, 3.63) is 23.3 Å². The Morgan fingerprint density at radius 2 is 1.80 bits per heavy atom. The topological polar surface area (TPSA) is 171 Å². The van der Waals surface area contributed by atoms with Gasteiger partial charge in [0.1, 0.15) is 30.2 Å². The van der Waals surface area contributed by atoms with Crippen molar-refractivity contribution in [2.24, 2.45) is 46.3 Å². The van der Waals surface area contributed by atoms with Crippen molar-refractivity contribution >= 4 is 17.5 Å². The molecule has 4 unspecified atom stereocenters.